The number of fused-ring (bicyclic) bond motifs is 1. The van der Waals surface area contributed by atoms with Crippen molar-refractivity contribution in [2.24, 2.45) is 0 Å². The van der Waals surface area contributed by atoms with Crippen LogP contribution in [-0.2, 0) is 12.8 Å². The molecule has 1 aliphatic rings. The third-order valence-corrected chi connectivity index (χ3v) is 4.01. The van der Waals surface area contributed by atoms with Crippen LogP contribution in [0.1, 0.15) is 46.5 Å². The number of hydrogen-bond donors (Lipinski definition) is 1. The molecule has 3 heteroatoms. The summed E-state index contributed by atoms with van der Waals surface area (Å²) >= 11 is 0. The van der Waals surface area contributed by atoms with E-state index in [2.05, 4.69) is 25.1 Å². The van der Waals surface area contributed by atoms with Gasteiger partial charge in [0.25, 0.3) is 0 Å². The Morgan fingerprint density at radius 1 is 1.24 bits per heavy atom. The van der Waals surface area contributed by atoms with Crippen molar-refractivity contribution in [3.63, 3.8) is 0 Å². The highest BCUT2D eigenvalue weighted by molar-refractivity contribution is 5.87. The molecule has 0 saturated heterocycles. The van der Waals surface area contributed by atoms with Crippen molar-refractivity contribution in [3.05, 3.63) is 64.7 Å². The summed E-state index contributed by atoms with van der Waals surface area (Å²) in [5.74, 6) is 0.0666. The van der Waals surface area contributed by atoms with Gasteiger partial charge in [0, 0.05) is 0 Å². The second kappa shape index (κ2) is 5.60. The van der Waals surface area contributed by atoms with E-state index in [1.807, 2.05) is 12.1 Å². The van der Waals surface area contributed by atoms with Gasteiger partial charge in [-0.2, -0.15) is 0 Å². The Balaban J connectivity index is 1.83. The van der Waals surface area contributed by atoms with Crippen LogP contribution in [0.2, 0.25) is 0 Å². The van der Waals surface area contributed by atoms with Crippen molar-refractivity contribution < 1.29 is 14.6 Å². The van der Waals surface area contributed by atoms with E-state index >= 15 is 0 Å². The summed E-state index contributed by atoms with van der Waals surface area (Å²) in [5.41, 5.74) is 3.87. The number of carbonyl (C=O) groups is 1. The van der Waals surface area contributed by atoms with E-state index in [0.29, 0.717) is 5.56 Å². The highest BCUT2D eigenvalue weighted by atomic mass is 16.5. The van der Waals surface area contributed by atoms with Crippen molar-refractivity contribution >= 4 is 5.97 Å². The molecule has 1 N–H and O–H groups in total. The van der Waals surface area contributed by atoms with Gasteiger partial charge in [-0.1, -0.05) is 31.2 Å². The zero-order valence-corrected chi connectivity index (χ0v) is 12.0. The largest absolute Gasteiger partial charge is 0.485 e. The standard InChI is InChI=1S/C18H18O3/c1-2-12-3-4-14-9-10-16(21-17(14)11-12)13-5-7-15(8-6-13)18(19)20/h3-8,11,16H,2,9-10H2,1H3,(H,19,20). The molecule has 2 aromatic rings. The first-order chi connectivity index (χ1) is 10.2. The van der Waals surface area contributed by atoms with Gasteiger partial charge in [-0.3, -0.25) is 0 Å². The van der Waals surface area contributed by atoms with Crippen LogP contribution in [0.5, 0.6) is 5.75 Å². The molecule has 21 heavy (non-hydrogen) atoms. The van der Waals surface area contributed by atoms with E-state index in [1.54, 1.807) is 12.1 Å². The lowest BCUT2D eigenvalue weighted by molar-refractivity contribution is 0.0696. The minimum absolute atomic E-state index is 0.00690. The van der Waals surface area contributed by atoms with Gasteiger partial charge >= 0.3 is 5.97 Å². The average molecular weight is 282 g/mol. The normalized spacial score (nSPS) is 16.9. The summed E-state index contributed by atoms with van der Waals surface area (Å²) in [6.07, 6.45) is 2.91. The van der Waals surface area contributed by atoms with Gasteiger partial charge in [-0.25, -0.2) is 4.79 Å². The maximum atomic E-state index is 10.9. The van der Waals surface area contributed by atoms with E-state index in [9.17, 15) is 4.79 Å². The smallest absolute Gasteiger partial charge is 0.335 e. The van der Waals surface area contributed by atoms with Crippen LogP contribution in [0.3, 0.4) is 0 Å². The molecular formula is C18H18O3. The summed E-state index contributed by atoms with van der Waals surface area (Å²) in [5, 5.41) is 8.94. The molecule has 0 spiro atoms. The summed E-state index contributed by atoms with van der Waals surface area (Å²) < 4.78 is 6.11. The molecule has 0 aromatic heterocycles. The molecule has 0 fully saturated rings. The van der Waals surface area contributed by atoms with Crippen LogP contribution in [0.4, 0.5) is 0 Å². The molecule has 1 unspecified atom stereocenters. The predicted molar refractivity (Wildman–Crippen MR) is 80.9 cm³/mol. The number of rotatable bonds is 3. The summed E-state index contributed by atoms with van der Waals surface area (Å²) in [6, 6.07) is 13.4. The third-order valence-electron chi connectivity index (χ3n) is 4.01. The molecule has 0 bridgehead atoms. The number of ether oxygens (including phenoxy) is 1. The Kier molecular flexibility index (Phi) is 3.65. The Morgan fingerprint density at radius 2 is 2.00 bits per heavy atom. The van der Waals surface area contributed by atoms with E-state index < -0.39 is 5.97 Å². The minimum Gasteiger partial charge on any atom is -0.485 e. The molecule has 0 amide bonds. The molecule has 1 atom stereocenters. The molecule has 108 valence electrons. The maximum Gasteiger partial charge on any atom is 0.335 e. The van der Waals surface area contributed by atoms with Gasteiger partial charge in [-0.05, 0) is 54.2 Å². The fourth-order valence-electron chi connectivity index (χ4n) is 2.71. The van der Waals surface area contributed by atoms with Crippen LogP contribution in [0.25, 0.3) is 0 Å². The van der Waals surface area contributed by atoms with E-state index in [1.165, 1.54) is 11.1 Å². The number of benzene rings is 2. The summed E-state index contributed by atoms with van der Waals surface area (Å²) in [6.45, 7) is 2.13. The van der Waals surface area contributed by atoms with Gasteiger partial charge in [0.1, 0.15) is 11.9 Å². The SMILES string of the molecule is CCc1ccc2c(c1)OC(c1ccc(C(=O)O)cc1)CC2. The van der Waals surface area contributed by atoms with Gasteiger partial charge < -0.3 is 9.84 Å². The van der Waals surface area contributed by atoms with Crippen molar-refractivity contribution in [2.45, 2.75) is 32.3 Å². The van der Waals surface area contributed by atoms with Gasteiger partial charge in [0.15, 0.2) is 0 Å². The van der Waals surface area contributed by atoms with Crippen LogP contribution in [0.15, 0.2) is 42.5 Å². The number of aromatic carboxylic acids is 1. The Labute approximate surface area is 124 Å². The molecular weight excluding hydrogens is 264 g/mol. The topological polar surface area (TPSA) is 46.5 Å². The second-order valence-electron chi connectivity index (χ2n) is 5.37. The lowest BCUT2D eigenvalue weighted by Gasteiger charge is -2.27. The fourth-order valence-corrected chi connectivity index (χ4v) is 2.71. The van der Waals surface area contributed by atoms with Crippen LogP contribution < -0.4 is 4.74 Å². The fraction of sp³-hybridized carbons (Fsp3) is 0.278. The summed E-state index contributed by atoms with van der Waals surface area (Å²) in [7, 11) is 0. The second-order valence-corrected chi connectivity index (χ2v) is 5.37. The predicted octanol–water partition coefficient (Wildman–Crippen LogP) is 4.01. The number of hydrogen-bond acceptors (Lipinski definition) is 2. The van der Waals surface area contributed by atoms with Gasteiger partial charge in [0.2, 0.25) is 0 Å². The Morgan fingerprint density at radius 3 is 2.67 bits per heavy atom. The van der Waals surface area contributed by atoms with Gasteiger partial charge in [0.05, 0.1) is 5.56 Å². The molecule has 0 radical (unpaired) electrons. The number of carboxylic acid groups (broad SMARTS) is 1. The molecule has 0 saturated carbocycles. The zero-order chi connectivity index (χ0) is 14.8. The molecule has 3 rings (SSSR count). The average Bonchev–Trinajstić information content (AvgIpc) is 2.53. The van der Waals surface area contributed by atoms with Crippen LogP contribution in [0, 0.1) is 0 Å². The monoisotopic (exact) mass is 282 g/mol. The first-order valence-corrected chi connectivity index (χ1v) is 7.29. The van der Waals surface area contributed by atoms with Crippen molar-refractivity contribution in [1.82, 2.24) is 0 Å². The van der Waals surface area contributed by atoms with E-state index in [4.69, 9.17) is 9.84 Å². The Hall–Kier alpha value is -2.29. The quantitative estimate of drug-likeness (QED) is 0.925. The van der Waals surface area contributed by atoms with Crippen molar-refractivity contribution in [2.75, 3.05) is 0 Å². The zero-order valence-electron chi connectivity index (χ0n) is 12.0. The highest BCUT2D eigenvalue weighted by Gasteiger charge is 2.21. The maximum absolute atomic E-state index is 10.9. The van der Waals surface area contributed by atoms with Crippen molar-refractivity contribution in [3.8, 4) is 5.75 Å². The molecule has 2 aromatic carbocycles. The Bertz CT molecular complexity index is 659. The lowest BCUT2D eigenvalue weighted by atomic mass is 9.95. The lowest BCUT2D eigenvalue weighted by Crippen LogP contribution is -2.15. The van der Waals surface area contributed by atoms with E-state index in [-0.39, 0.29) is 6.10 Å². The number of carboxylic acids is 1. The highest BCUT2D eigenvalue weighted by Crippen LogP contribution is 2.35. The molecule has 3 nitrogen and oxygen atoms in total. The molecule has 1 aliphatic heterocycles. The van der Waals surface area contributed by atoms with E-state index in [0.717, 1.165) is 30.6 Å². The first-order valence-electron chi connectivity index (χ1n) is 7.29. The van der Waals surface area contributed by atoms with Crippen LogP contribution in [-0.4, -0.2) is 11.1 Å². The minimum atomic E-state index is -0.899. The summed E-state index contributed by atoms with van der Waals surface area (Å²) in [4.78, 5) is 10.9. The first kappa shape index (κ1) is 13.7. The molecule has 0 aliphatic carbocycles. The third kappa shape index (κ3) is 2.77. The van der Waals surface area contributed by atoms with Crippen LogP contribution >= 0.6 is 0 Å². The van der Waals surface area contributed by atoms with Crippen molar-refractivity contribution in [1.29, 1.82) is 0 Å². The molecule has 1 heterocycles. The van der Waals surface area contributed by atoms with Gasteiger partial charge in [-0.15, -0.1) is 0 Å². The number of aryl methyl sites for hydroxylation is 2.